The summed E-state index contributed by atoms with van der Waals surface area (Å²) in [5, 5.41) is 16.2. The van der Waals surface area contributed by atoms with Crippen LogP contribution in [0.3, 0.4) is 0 Å². The summed E-state index contributed by atoms with van der Waals surface area (Å²) in [4.78, 5) is 11.7. The number of aromatic nitrogens is 2. The molecule has 0 unspecified atom stereocenters. The van der Waals surface area contributed by atoms with Gasteiger partial charge in [-0.25, -0.2) is 0 Å². The van der Waals surface area contributed by atoms with E-state index in [9.17, 15) is 23.1 Å². The minimum absolute atomic E-state index is 0.124. The number of hydrogen-bond acceptors (Lipinski definition) is 6. The topological polar surface area (TPSA) is 94.7 Å². The van der Waals surface area contributed by atoms with Gasteiger partial charge >= 0.3 is 18.0 Å². The molecule has 2 aliphatic rings. The zero-order chi connectivity index (χ0) is 28.3. The molecule has 0 saturated heterocycles. The summed E-state index contributed by atoms with van der Waals surface area (Å²) in [5.41, 5.74) is 1.14. The Morgan fingerprint density at radius 2 is 1.80 bits per heavy atom. The third-order valence-corrected chi connectivity index (χ3v) is 7.72. The molecule has 7 nitrogen and oxygen atoms in total. The van der Waals surface area contributed by atoms with Gasteiger partial charge in [-0.05, 0) is 87.3 Å². The van der Waals surface area contributed by atoms with Gasteiger partial charge in [0.1, 0.15) is 0 Å². The van der Waals surface area contributed by atoms with Gasteiger partial charge in [-0.3, -0.25) is 4.79 Å². The van der Waals surface area contributed by atoms with Gasteiger partial charge < -0.3 is 19.0 Å². The molecule has 10 heteroatoms. The number of rotatable bonds is 6. The predicted octanol–water partition coefficient (Wildman–Crippen LogP) is 6.65. The maximum atomic E-state index is 12.9. The van der Waals surface area contributed by atoms with Crippen molar-refractivity contribution in [3.8, 4) is 34.8 Å². The highest BCUT2D eigenvalue weighted by molar-refractivity contribution is 5.70. The number of aliphatic carboxylic acids is 1. The van der Waals surface area contributed by atoms with Crippen LogP contribution in [-0.2, 0) is 16.4 Å². The highest BCUT2D eigenvalue weighted by atomic mass is 19.4. The first-order chi connectivity index (χ1) is 19.2. The third-order valence-electron chi connectivity index (χ3n) is 7.72. The normalized spacial score (nSPS) is 21.4. The van der Waals surface area contributed by atoms with Crippen molar-refractivity contribution in [1.29, 1.82) is 0 Å². The summed E-state index contributed by atoms with van der Waals surface area (Å²) in [7, 11) is 1.60. The molecule has 1 aromatic heterocycles. The van der Waals surface area contributed by atoms with Crippen LogP contribution in [0, 0.1) is 17.8 Å². The fraction of sp³-hybridized carbons (Fsp3) is 0.433. The Balaban J connectivity index is 1.49. The largest absolute Gasteiger partial charge is 0.493 e. The van der Waals surface area contributed by atoms with Gasteiger partial charge in [0.05, 0.1) is 24.5 Å². The molecule has 0 amide bonds. The number of ether oxygens (including phenoxy) is 2. The second kappa shape index (κ2) is 11.2. The lowest BCUT2D eigenvalue weighted by atomic mass is 9.67. The van der Waals surface area contributed by atoms with E-state index in [1.165, 1.54) is 0 Å². The van der Waals surface area contributed by atoms with Crippen molar-refractivity contribution < 1.29 is 37.0 Å². The fourth-order valence-corrected chi connectivity index (χ4v) is 5.47. The summed E-state index contributed by atoms with van der Waals surface area (Å²) in [5.74, 6) is 4.95. The first-order valence-electron chi connectivity index (χ1n) is 13.3. The number of carboxylic acids is 1. The maximum absolute atomic E-state index is 12.9. The first-order valence-corrected chi connectivity index (χ1v) is 13.3. The SMILES string of the molecule is COc1ccc(C2(C#Cc3cccc(-c4nnc(C(F)(F)F)o4)c3)CCC(C(=O)O)CC2)cc1OC1CCCC1. The highest BCUT2D eigenvalue weighted by Crippen LogP contribution is 2.44. The maximum Gasteiger partial charge on any atom is 0.470 e. The van der Waals surface area contributed by atoms with Crippen LogP contribution in [0.4, 0.5) is 13.2 Å². The molecule has 1 N–H and O–H groups in total. The minimum Gasteiger partial charge on any atom is -0.493 e. The Morgan fingerprint density at radius 3 is 2.45 bits per heavy atom. The molecule has 0 aliphatic heterocycles. The second-order valence-corrected chi connectivity index (χ2v) is 10.3. The zero-order valence-electron chi connectivity index (χ0n) is 22.0. The van der Waals surface area contributed by atoms with E-state index in [0.29, 0.717) is 48.3 Å². The molecule has 2 fully saturated rings. The third kappa shape index (κ3) is 5.93. The van der Waals surface area contributed by atoms with Gasteiger partial charge in [-0.1, -0.05) is 24.0 Å². The Bertz CT molecular complexity index is 1420. The molecule has 210 valence electrons. The van der Waals surface area contributed by atoms with Crippen molar-refractivity contribution in [1.82, 2.24) is 10.2 Å². The molecule has 0 atom stereocenters. The van der Waals surface area contributed by atoms with Gasteiger partial charge in [0, 0.05) is 11.1 Å². The van der Waals surface area contributed by atoms with Crippen molar-refractivity contribution in [2.75, 3.05) is 7.11 Å². The quantitative estimate of drug-likeness (QED) is 0.341. The smallest absolute Gasteiger partial charge is 0.470 e. The van der Waals surface area contributed by atoms with Crippen molar-refractivity contribution in [3.05, 3.63) is 59.5 Å². The summed E-state index contributed by atoms with van der Waals surface area (Å²) in [6.45, 7) is 0. The average Bonchev–Trinajstić information content (AvgIpc) is 3.65. The lowest BCUT2D eigenvalue weighted by Gasteiger charge is -2.36. The molecule has 2 saturated carbocycles. The Labute approximate surface area is 229 Å². The first kappa shape index (κ1) is 27.6. The van der Waals surface area contributed by atoms with Crippen molar-refractivity contribution in [3.63, 3.8) is 0 Å². The van der Waals surface area contributed by atoms with Crippen LogP contribution < -0.4 is 9.47 Å². The number of halogens is 3. The lowest BCUT2D eigenvalue weighted by molar-refractivity contribution is -0.157. The van der Waals surface area contributed by atoms with E-state index in [4.69, 9.17) is 13.9 Å². The fourth-order valence-electron chi connectivity index (χ4n) is 5.47. The standard InChI is InChI=1S/C30H29F3N2O5/c1-38-24-10-9-22(18-25(24)39-23-7-2-3-8-23)29(15-12-20(13-16-29)27(36)37)14-11-19-5-4-6-21(17-19)26-34-35-28(40-26)30(31,32)33/h4-6,9-10,17-18,20,23H,2-3,7-8,12-13,15-16H2,1H3,(H,36,37). The van der Waals surface area contributed by atoms with Crippen LogP contribution >= 0.6 is 0 Å². The average molecular weight is 555 g/mol. The van der Waals surface area contributed by atoms with E-state index >= 15 is 0 Å². The second-order valence-electron chi connectivity index (χ2n) is 10.3. The van der Waals surface area contributed by atoms with Crippen LogP contribution in [-0.4, -0.2) is 34.5 Å². The number of hydrogen-bond donors (Lipinski definition) is 1. The molecule has 2 aliphatic carbocycles. The summed E-state index contributed by atoms with van der Waals surface area (Å²) in [6, 6.07) is 12.3. The minimum atomic E-state index is -4.73. The number of benzene rings is 2. The van der Waals surface area contributed by atoms with Gasteiger partial charge in [-0.2, -0.15) is 13.2 Å². The molecule has 40 heavy (non-hydrogen) atoms. The number of carboxylic acid groups (broad SMARTS) is 1. The molecule has 1 heterocycles. The molecule has 3 aromatic rings. The van der Waals surface area contributed by atoms with E-state index in [1.54, 1.807) is 31.4 Å². The number of alkyl halides is 3. The molecule has 5 rings (SSSR count). The predicted molar refractivity (Wildman–Crippen MR) is 139 cm³/mol. The molecule has 0 radical (unpaired) electrons. The van der Waals surface area contributed by atoms with Gasteiger partial charge in [0.15, 0.2) is 11.5 Å². The summed E-state index contributed by atoms with van der Waals surface area (Å²) < 4.78 is 55.5. The number of nitrogens with zero attached hydrogens (tertiary/aromatic N) is 2. The Morgan fingerprint density at radius 1 is 1.05 bits per heavy atom. The lowest BCUT2D eigenvalue weighted by Crippen LogP contribution is -2.33. The Kier molecular flexibility index (Phi) is 7.74. The number of methoxy groups -OCH3 is 1. The van der Waals surface area contributed by atoms with Gasteiger partial charge in [0.2, 0.25) is 5.89 Å². The number of carbonyl (C=O) groups is 1. The van der Waals surface area contributed by atoms with Crippen LogP contribution in [0.25, 0.3) is 11.5 Å². The van der Waals surface area contributed by atoms with E-state index in [0.717, 1.165) is 31.2 Å². The highest BCUT2D eigenvalue weighted by Gasteiger charge is 2.39. The van der Waals surface area contributed by atoms with Gasteiger partial charge in [-0.15, -0.1) is 10.2 Å². The van der Waals surface area contributed by atoms with E-state index in [1.807, 2.05) is 18.2 Å². The molecule has 0 bridgehead atoms. The van der Waals surface area contributed by atoms with Crippen LogP contribution in [0.5, 0.6) is 11.5 Å². The van der Waals surface area contributed by atoms with Crippen molar-refractivity contribution in [2.45, 2.75) is 69.1 Å². The summed E-state index contributed by atoms with van der Waals surface area (Å²) in [6.07, 6.45) is 1.61. The molecular weight excluding hydrogens is 525 g/mol. The molecule has 0 spiro atoms. The zero-order valence-corrected chi connectivity index (χ0v) is 22.0. The van der Waals surface area contributed by atoms with E-state index in [2.05, 4.69) is 22.0 Å². The van der Waals surface area contributed by atoms with Gasteiger partial charge in [0.25, 0.3) is 0 Å². The van der Waals surface area contributed by atoms with Crippen molar-refractivity contribution >= 4 is 5.97 Å². The van der Waals surface area contributed by atoms with Crippen LogP contribution in [0.2, 0.25) is 0 Å². The monoisotopic (exact) mass is 554 g/mol. The van der Waals surface area contributed by atoms with Crippen LogP contribution in [0.1, 0.15) is 68.4 Å². The molecule has 2 aromatic carbocycles. The Hall–Kier alpha value is -4.00. The van der Waals surface area contributed by atoms with Crippen LogP contribution in [0.15, 0.2) is 46.9 Å². The van der Waals surface area contributed by atoms with E-state index in [-0.39, 0.29) is 12.0 Å². The van der Waals surface area contributed by atoms with Crippen molar-refractivity contribution in [2.24, 2.45) is 5.92 Å². The molecular formula is C30H29F3N2O5. The summed E-state index contributed by atoms with van der Waals surface area (Å²) >= 11 is 0. The van der Waals surface area contributed by atoms with E-state index < -0.39 is 29.4 Å².